The number of benzene rings is 2. The molecular weight excluding hydrogens is 376 g/mol. The van der Waals surface area contributed by atoms with Crippen molar-refractivity contribution in [1.29, 1.82) is 0 Å². The maximum atomic E-state index is 13.0. The van der Waals surface area contributed by atoms with Crippen LogP contribution in [0.4, 0.5) is 11.4 Å². The van der Waals surface area contributed by atoms with Crippen LogP contribution >= 0.6 is 0 Å². The first-order valence-electron chi connectivity index (χ1n) is 9.13. The fourth-order valence-corrected chi connectivity index (χ4v) is 3.31. The number of carbonyl (C=O) groups is 2. The first kappa shape index (κ1) is 18.7. The lowest BCUT2D eigenvalue weighted by molar-refractivity contribution is -0.384. The summed E-state index contributed by atoms with van der Waals surface area (Å²) < 4.78 is 11.4. The Balaban J connectivity index is 1.72. The van der Waals surface area contributed by atoms with Crippen molar-refractivity contribution in [3.05, 3.63) is 64.4 Å². The van der Waals surface area contributed by atoms with Crippen molar-refractivity contribution in [2.45, 2.75) is 20.0 Å². The lowest BCUT2D eigenvalue weighted by atomic mass is 10.0. The largest absolute Gasteiger partial charge is 0.478 e. The number of ether oxygens (including phenoxy) is 1. The summed E-state index contributed by atoms with van der Waals surface area (Å²) in [4.78, 5) is 37.7. The van der Waals surface area contributed by atoms with E-state index in [-0.39, 0.29) is 29.6 Å². The normalized spacial score (nSPS) is 16.0. The Morgan fingerprint density at radius 2 is 1.97 bits per heavy atom. The fraction of sp³-hybridized carbons (Fsp3) is 0.238. The molecule has 4 rings (SSSR count). The number of fused-ring (bicyclic) bond motifs is 2. The number of non-ortho nitro benzene ring substituents is 1. The number of amides is 1. The summed E-state index contributed by atoms with van der Waals surface area (Å²) in [6, 6.07) is 12.8. The molecule has 8 nitrogen and oxygen atoms in total. The second-order valence-electron chi connectivity index (χ2n) is 7.19. The van der Waals surface area contributed by atoms with E-state index < -0.39 is 22.7 Å². The third kappa shape index (κ3) is 3.33. The minimum Gasteiger partial charge on any atom is -0.478 e. The number of rotatable bonds is 5. The first-order chi connectivity index (χ1) is 13.8. The highest BCUT2D eigenvalue weighted by molar-refractivity contribution is 6.08. The zero-order valence-corrected chi connectivity index (χ0v) is 15.8. The van der Waals surface area contributed by atoms with Crippen LogP contribution in [0, 0.1) is 16.0 Å². The number of Topliss-reactive ketones (excluding diaryl/α,β-unsaturated/α-hetero) is 1. The summed E-state index contributed by atoms with van der Waals surface area (Å²) in [5, 5.41) is 11.9. The second kappa shape index (κ2) is 7.05. The molecule has 2 heterocycles. The Kier molecular flexibility index (Phi) is 4.54. The minimum atomic E-state index is -0.785. The van der Waals surface area contributed by atoms with E-state index in [1.807, 2.05) is 26.0 Å². The molecule has 0 fully saturated rings. The average Bonchev–Trinajstić information content (AvgIpc) is 3.13. The molecule has 0 aliphatic carbocycles. The van der Waals surface area contributed by atoms with E-state index in [9.17, 15) is 19.7 Å². The van der Waals surface area contributed by atoms with Crippen LogP contribution in [-0.2, 0) is 4.79 Å². The topological polar surface area (TPSA) is 103 Å². The predicted octanol–water partition coefficient (Wildman–Crippen LogP) is 3.97. The number of carbonyl (C=O) groups excluding carboxylic acids is 2. The van der Waals surface area contributed by atoms with Crippen molar-refractivity contribution in [2.75, 3.05) is 11.4 Å². The molecule has 29 heavy (non-hydrogen) atoms. The van der Waals surface area contributed by atoms with Gasteiger partial charge in [0.1, 0.15) is 11.3 Å². The zero-order chi connectivity index (χ0) is 20.7. The molecule has 0 spiro atoms. The molecule has 0 N–H and O–H groups in total. The van der Waals surface area contributed by atoms with Gasteiger partial charge in [-0.3, -0.25) is 24.6 Å². The SMILES string of the molecule is CC(C)C1Oc2ccc([N+](=O)[O-])cc2N(CC(=O)c2cc3ccccc3o2)C1=O. The van der Waals surface area contributed by atoms with Gasteiger partial charge in [-0.2, -0.15) is 0 Å². The van der Waals surface area contributed by atoms with E-state index in [2.05, 4.69) is 0 Å². The third-order valence-corrected chi connectivity index (χ3v) is 4.82. The second-order valence-corrected chi connectivity index (χ2v) is 7.19. The predicted molar refractivity (Wildman–Crippen MR) is 105 cm³/mol. The minimum absolute atomic E-state index is 0.124. The van der Waals surface area contributed by atoms with Crippen molar-refractivity contribution >= 4 is 34.0 Å². The molecule has 0 bridgehead atoms. The molecule has 1 atom stereocenters. The molecule has 0 saturated carbocycles. The summed E-state index contributed by atoms with van der Waals surface area (Å²) in [6.45, 7) is 3.36. The molecule has 8 heteroatoms. The highest BCUT2D eigenvalue weighted by atomic mass is 16.6. The molecule has 1 aromatic heterocycles. The zero-order valence-electron chi connectivity index (χ0n) is 15.8. The summed E-state index contributed by atoms with van der Waals surface area (Å²) in [7, 11) is 0. The van der Waals surface area contributed by atoms with Gasteiger partial charge in [0.2, 0.25) is 5.78 Å². The summed E-state index contributed by atoms with van der Waals surface area (Å²) in [6.07, 6.45) is -0.785. The quantitative estimate of drug-likeness (QED) is 0.368. The number of furan rings is 1. The van der Waals surface area contributed by atoms with Gasteiger partial charge in [0, 0.05) is 17.5 Å². The number of nitro benzene ring substituents is 1. The summed E-state index contributed by atoms with van der Waals surface area (Å²) in [5.74, 6) is -0.520. The van der Waals surface area contributed by atoms with E-state index in [1.54, 1.807) is 18.2 Å². The Morgan fingerprint density at radius 3 is 2.66 bits per heavy atom. The number of anilines is 1. The van der Waals surface area contributed by atoms with E-state index in [4.69, 9.17) is 9.15 Å². The lowest BCUT2D eigenvalue weighted by Crippen LogP contribution is -2.50. The third-order valence-electron chi connectivity index (χ3n) is 4.82. The van der Waals surface area contributed by atoms with Crippen molar-refractivity contribution < 1.29 is 23.7 Å². The number of ketones is 1. The molecule has 2 aromatic carbocycles. The van der Waals surface area contributed by atoms with Crippen molar-refractivity contribution in [3.63, 3.8) is 0 Å². The number of nitrogens with zero attached hydrogens (tertiary/aromatic N) is 2. The first-order valence-corrected chi connectivity index (χ1v) is 9.13. The Morgan fingerprint density at radius 1 is 1.21 bits per heavy atom. The molecular formula is C21H18N2O6. The molecule has 0 radical (unpaired) electrons. The smallest absolute Gasteiger partial charge is 0.271 e. The van der Waals surface area contributed by atoms with Gasteiger partial charge >= 0.3 is 0 Å². The summed E-state index contributed by atoms with van der Waals surface area (Å²) >= 11 is 0. The Bertz CT molecular complexity index is 1100. The van der Waals surface area contributed by atoms with Crippen LogP contribution in [0.15, 0.2) is 52.9 Å². The molecule has 1 amide bonds. The molecule has 1 aliphatic heterocycles. The molecule has 0 saturated heterocycles. The van der Waals surface area contributed by atoms with E-state index in [0.29, 0.717) is 11.3 Å². The monoisotopic (exact) mass is 394 g/mol. The molecule has 1 aliphatic rings. The summed E-state index contributed by atoms with van der Waals surface area (Å²) in [5.41, 5.74) is 0.579. The lowest BCUT2D eigenvalue weighted by Gasteiger charge is -2.35. The van der Waals surface area contributed by atoms with Crippen molar-refractivity contribution in [1.82, 2.24) is 0 Å². The number of nitro groups is 1. The van der Waals surface area contributed by atoms with E-state index >= 15 is 0 Å². The van der Waals surface area contributed by atoms with Crippen LogP contribution in [0.2, 0.25) is 0 Å². The van der Waals surface area contributed by atoms with E-state index in [0.717, 1.165) is 5.39 Å². The molecule has 3 aromatic rings. The van der Waals surface area contributed by atoms with Gasteiger partial charge in [0.15, 0.2) is 11.9 Å². The Hall–Kier alpha value is -3.68. The van der Waals surface area contributed by atoms with Gasteiger partial charge in [-0.1, -0.05) is 32.0 Å². The standard InChI is InChI=1S/C21H18N2O6/c1-12(2)20-21(25)22(15-10-14(23(26)27)7-8-18(15)29-20)11-16(24)19-9-13-5-3-4-6-17(13)28-19/h3-10,12,20H,11H2,1-2H3. The fourth-order valence-electron chi connectivity index (χ4n) is 3.31. The van der Waals surface area contributed by atoms with Crippen LogP contribution in [-0.4, -0.2) is 29.3 Å². The molecule has 148 valence electrons. The van der Waals surface area contributed by atoms with Gasteiger partial charge in [-0.15, -0.1) is 0 Å². The van der Waals surface area contributed by atoms with Crippen LogP contribution in [0.1, 0.15) is 24.4 Å². The number of para-hydroxylation sites is 1. The average molecular weight is 394 g/mol. The van der Waals surface area contributed by atoms with Gasteiger partial charge in [-0.05, 0) is 24.1 Å². The van der Waals surface area contributed by atoms with Crippen molar-refractivity contribution in [3.8, 4) is 5.75 Å². The van der Waals surface area contributed by atoms with Crippen LogP contribution in [0.25, 0.3) is 11.0 Å². The van der Waals surface area contributed by atoms with E-state index in [1.165, 1.54) is 23.1 Å². The van der Waals surface area contributed by atoms with Gasteiger partial charge in [0.25, 0.3) is 11.6 Å². The van der Waals surface area contributed by atoms with Gasteiger partial charge < -0.3 is 9.15 Å². The maximum absolute atomic E-state index is 13.0. The highest BCUT2D eigenvalue weighted by Crippen LogP contribution is 2.38. The van der Waals surface area contributed by atoms with Crippen LogP contribution < -0.4 is 9.64 Å². The number of hydrogen-bond acceptors (Lipinski definition) is 6. The molecule has 1 unspecified atom stereocenters. The van der Waals surface area contributed by atoms with Crippen molar-refractivity contribution in [2.24, 2.45) is 5.92 Å². The van der Waals surface area contributed by atoms with Crippen LogP contribution in [0.5, 0.6) is 5.75 Å². The number of hydrogen-bond donors (Lipinski definition) is 0. The van der Waals surface area contributed by atoms with Gasteiger partial charge in [-0.25, -0.2) is 0 Å². The highest BCUT2D eigenvalue weighted by Gasteiger charge is 2.38. The van der Waals surface area contributed by atoms with Gasteiger partial charge in [0.05, 0.1) is 17.2 Å². The van der Waals surface area contributed by atoms with Crippen LogP contribution in [0.3, 0.4) is 0 Å². The Labute approximate surface area is 165 Å². The maximum Gasteiger partial charge on any atom is 0.271 e.